The van der Waals surface area contributed by atoms with E-state index in [0.717, 1.165) is 28.0 Å². The van der Waals surface area contributed by atoms with Gasteiger partial charge >= 0.3 is 11.8 Å². The van der Waals surface area contributed by atoms with Crippen LogP contribution in [0, 0.1) is 6.92 Å². The van der Waals surface area contributed by atoms with Crippen LogP contribution < -0.4 is 14.8 Å². The van der Waals surface area contributed by atoms with Crippen molar-refractivity contribution in [1.29, 1.82) is 0 Å². The average molecular weight is 393 g/mol. The minimum atomic E-state index is -0.463. The quantitative estimate of drug-likeness (QED) is 0.533. The molecule has 1 N–H and O–H groups in total. The van der Waals surface area contributed by atoms with Gasteiger partial charge in [0.25, 0.3) is 0 Å². The van der Waals surface area contributed by atoms with E-state index in [-0.39, 0.29) is 11.7 Å². The van der Waals surface area contributed by atoms with Gasteiger partial charge in [-0.1, -0.05) is 17.3 Å². The van der Waals surface area contributed by atoms with Gasteiger partial charge in [0, 0.05) is 17.5 Å². The van der Waals surface area contributed by atoms with Gasteiger partial charge in [0.2, 0.25) is 5.82 Å². The van der Waals surface area contributed by atoms with E-state index in [9.17, 15) is 4.79 Å². The third kappa shape index (κ3) is 3.64. The van der Waals surface area contributed by atoms with Crippen LogP contribution in [0.2, 0.25) is 0 Å². The smallest absolute Gasteiger partial charge is 0.316 e. The number of rotatable bonds is 6. The number of ether oxygens (including phenoxy) is 2. The van der Waals surface area contributed by atoms with E-state index in [1.807, 2.05) is 49.4 Å². The number of nitrogens with zero attached hydrogens (tertiary/aromatic N) is 2. The fourth-order valence-electron chi connectivity index (χ4n) is 2.95. The lowest BCUT2D eigenvalue weighted by Crippen LogP contribution is -2.23. The number of amides is 1. The first-order chi connectivity index (χ1) is 14.1. The van der Waals surface area contributed by atoms with E-state index in [1.165, 1.54) is 0 Å². The Balaban J connectivity index is 1.51. The van der Waals surface area contributed by atoms with Crippen molar-refractivity contribution < 1.29 is 23.2 Å². The van der Waals surface area contributed by atoms with Crippen LogP contribution in [0.1, 0.15) is 21.8 Å². The summed E-state index contributed by atoms with van der Waals surface area (Å²) in [5, 5.41) is 7.53. The largest absolute Gasteiger partial charge is 0.497 e. The molecule has 8 nitrogen and oxygen atoms in total. The number of benzene rings is 2. The van der Waals surface area contributed by atoms with Crippen molar-refractivity contribution in [3.05, 3.63) is 59.5 Å². The summed E-state index contributed by atoms with van der Waals surface area (Å²) in [6.45, 7) is 2.21. The van der Waals surface area contributed by atoms with E-state index < -0.39 is 5.91 Å². The lowest BCUT2D eigenvalue weighted by atomic mass is 10.1. The van der Waals surface area contributed by atoms with Crippen LogP contribution >= 0.6 is 0 Å². The molecule has 0 fully saturated rings. The van der Waals surface area contributed by atoms with Gasteiger partial charge in [-0.2, -0.15) is 4.98 Å². The molecule has 0 bridgehead atoms. The molecule has 0 unspecified atom stereocenters. The van der Waals surface area contributed by atoms with E-state index in [4.69, 9.17) is 18.4 Å². The highest BCUT2D eigenvalue weighted by atomic mass is 16.5. The molecule has 8 heteroatoms. The maximum absolute atomic E-state index is 12.3. The molecule has 0 aliphatic carbocycles. The third-order valence-corrected chi connectivity index (χ3v) is 4.58. The molecule has 4 rings (SSSR count). The van der Waals surface area contributed by atoms with Crippen LogP contribution in [0.25, 0.3) is 22.6 Å². The summed E-state index contributed by atoms with van der Waals surface area (Å²) < 4.78 is 21.3. The first-order valence-corrected chi connectivity index (χ1v) is 8.91. The highest BCUT2D eigenvalue weighted by molar-refractivity contribution is 5.91. The van der Waals surface area contributed by atoms with Gasteiger partial charge in [-0.15, -0.1) is 0 Å². The zero-order chi connectivity index (χ0) is 20.4. The van der Waals surface area contributed by atoms with Crippen molar-refractivity contribution >= 4 is 16.9 Å². The summed E-state index contributed by atoms with van der Waals surface area (Å²) in [5.74, 6) is 1.54. The Bertz CT molecular complexity index is 1160. The second kappa shape index (κ2) is 7.67. The number of fused-ring (bicyclic) bond motifs is 1. The van der Waals surface area contributed by atoms with Gasteiger partial charge < -0.3 is 23.7 Å². The highest BCUT2D eigenvalue weighted by Gasteiger charge is 2.21. The van der Waals surface area contributed by atoms with Crippen molar-refractivity contribution in [2.75, 3.05) is 14.2 Å². The Hall–Kier alpha value is -3.81. The van der Waals surface area contributed by atoms with E-state index in [0.29, 0.717) is 17.9 Å². The van der Waals surface area contributed by atoms with E-state index in [2.05, 4.69) is 15.5 Å². The molecule has 2 heterocycles. The minimum Gasteiger partial charge on any atom is -0.497 e. The Kier molecular flexibility index (Phi) is 4.90. The summed E-state index contributed by atoms with van der Waals surface area (Å²) >= 11 is 0. The van der Waals surface area contributed by atoms with Crippen LogP contribution in [-0.4, -0.2) is 30.3 Å². The molecular formula is C21H19N3O5. The molecule has 2 aromatic heterocycles. The van der Waals surface area contributed by atoms with E-state index in [1.54, 1.807) is 14.2 Å². The molecule has 0 spiro atoms. The number of nitrogens with one attached hydrogen (secondary N) is 1. The molecule has 0 atom stereocenters. The molecule has 0 saturated heterocycles. The standard InChI is InChI=1S/C21H19N3O5/c1-12-16-10-15(27-3)8-9-17(16)28-18(12)19-23-21(29-24-19)20(25)22-11-13-4-6-14(26-2)7-5-13/h4-10H,11H2,1-3H3,(H,22,25). The Morgan fingerprint density at radius 3 is 2.52 bits per heavy atom. The zero-order valence-corrected chi connectivity index (χ0v) is 16.2. The molecule has 2 aromatic carbocycles. The van der Waals surface area contributed by atoms with Gasteiger partial charge in [-0.25, -0.2) is 0 Å². The molecule has 4 aromatic rings. The second-order valence-electron chi connectivity index (χ2n) is 6.37. The number of aryl methyl sites for hydroxylation is 1. The summed E-state index contributed by atoms with van der Waals surface area (Å²) in [5.41, 5.74) is 2.43. The number of aromatic nitrogens is 2. The van der Waals surface area contributed by atoms with Crippen molar-refractivity contribution in [3.8, 4) is 23.1 Å². The number of furan rings is 1. The summed E-state index contributed by atoms with van der Waals surface area (Å²) in [4.78, 5) is 16.5. The molecule has 0 saturated carbocycles. The first-order valence-electron chi connectivity index (χ1n) is 8.91. The number of carbonyl (C=O) groups is 1. The Labute approximate surface area is 166 Å². The topological polar surface area (TPSA) is 99.6 Å². The fraction of sp³-hybridized carbons (Fsp3) is 0.190. The van der Waals surface area contributed by atoms with Gasteiger partial charge in [0.15, 0.2) is 5.76 Å². The normalized spacial score (nSPS) is 10.9. The number of hydrogen-bond acceptors (Lipinski definition) is 7. The highest BCUT2D eigenvalue weighted by Crippen LogP contribution is 2.33. The lowest BCUT2D eigenvalue weighted by Gasteiger charge is -2.04. The summed E-state index contributed by atoms with van der Waals surface area (Å²) in [6, 6.07) is 12.9. The molecule has 0 aliphatic heterocycles. The van der Waals surface area contributed by atoms with Crippen LogP contribution in [0.4, 0.5) is 0 Å². The second-order valence-corrected chi connectivity index (χ2v) is 6.37. The Morgan fingerprint density at radius 1 is 1.07 bits per heavy atom. The lowest BCUT2D eigenvalue weighted by molar-refractivity contribution is 0.0907. The van der Waals surface area contributed by atoms with E-state index >= 15 is 0 Å². The molecule has 29 heavy (non-hydrogen) atoms. The van der Waals surface area contributed by atoms with Crippen molar-refractivity contribution in [1.82, 2.24) is 15.5 Å². The maximum atomic E-state index is 12.3. The number of hydrogen-bond donors (Lipinski definition) is 1. The third-order valence-electron chi connectivity index (χ3n) is 4.58. The van der Waals surface area contributed by atoms with Gasteiger partial charge in [-0.05, 0) is 42.8 Å². The molecule has 1 amide bonds. The van der Waals surface area contributed by atoms with Gasteiger partial charge in [0.1, 0.15) is 17.1 Å². The molecular weight excluding hydrogens is 374 g/mol. The predicted octanol–water partition coefficient (Wildman–Crippen LogP) is 3.74. The van der Waals surface area contributed by atoms with Crippen LogP contribution in [0.3, 0.4) is 0 Å². The molecule has 148 valence electrons. The van der Waals surface area contributed by atoms with Gasteiger partial charge in [-0.3, -0.25) is 4.79 Å². The van der Waals surface area contributed by atoms with Crippen LogP contribution in [0.15, 0.2) is 51.4 Å². The summed E-state index contributed by atoms with van der Waals surface area (Å²) in [7, 11) is 3.21. The van der Waals surface area contributed by atoms with Crippen molar-refractivity contribution in [2.24, 2.45) is 0 Å². The van der Waals surface area contributed by atoms with Crippen LogP contribution in [-0.2, 0) is 6.54 Å². The van der Waals surface area contributed by atoms with Crippen molar-refractivity contribution in [2.45, 2.75) is 13.5 Å². The average Bonchev–Trinajstić information content (AvgIpc) is 3.37. The zero-order valence-electron chi connectivity index (χ0n) is 16.2. The first kappa shape index (κ1) is 18.5. The summed E-state index contributed by atoms with van der Waals surface area (Å²) in [6.07, 6.45) is 0. The maximum Gasteiger partial charge on any atom is 0.316 e. The minimum absolute atomic E-state index is 0.133. The van der Waals surface area contributed by atoms with Crippen LogP contribution in [0.5, 0.6) is 11.5 Å². The predicted molar refractivity (Wildman–Crippen MR) is 105 cm³/mol. The van der Waals surface area contributed by atoms with Gasteiger partial charge in [0.05, 0.1) is 14.2 Å². The number of carbonyl (C=O) groups excluding carboxylic acids is 1. The number of methoxy groups -OCH3 is 2. The SMILES string of the molecule is COc1ccc(CNC(=O)c2nc(-c3oc4ccc(OC)cc4c3C)no2)cc1. The monoisotopic (exact) mass is 393 g/mol. The van der Waals surface area contributed by atoms with Crippen molar-refractivity contribution in [3.63, 3.8) is 0 Å². The Morgan fingerprint density at radius 2 is 1.79 bits per heavy atom. The fourth-order valence-corrected chi connectivity index (χ4v) is 2.95. The molecule has 0 aliphatic rings. The molecule has 0 radical (unpaired) electrons.